The number of hydrogen-bond donors (Lipinski definition) is 0. The number of rotatable bonds is 6. The molecular weight excluding hydrogens is 366 g/mol. The minimum absolute atomic E-state index is 0.0678. The second kappa shape index (κ2) is 8.82. The van der Waals surface area contributed by atoms with E-state index in [4.69, 9.17) is 9.47 Å². The molecule has 0 unspecified atom stereocenters. The maximum Gasteiger partial charge on any atom is 0.223 e. The first-order valence-electron chi connectivity index (χ1n) is 9.82. The van der Waals surface area contributed by atoms with Crippen LogP contribution in [0.4, 0.5) is 0 Å². The molecule has 0 aliphatic carbocycles. The summed E-state index contributed by atoms with van der Waals surface area (Å²) in [5, 5.41) is 0. The summed E-state index contributed by atoms with van der Waals surface area (Å²) in [4.78, 5) is 19.3. The van der Waals surface area contributed by atoms with Gasteiger partial charge in [0.2, 0.25) is 5.91 Å². The zero-order valence-electron chi connectivity index (χ0n) is 16.5. The molecule has 150 valence electrons. The Balaban J connectivity index is 1.53. The number of nitrogens with zero attached hydrogens (tertiary/aromatic N) is 3. The number of aromatic nitrogens is 2. The molecule has 4 rings (SSSR count). The Labute approximate surface area is 170 Å². The predicted molar refractivity (Wildman–Crippen MR) is 110 cm³/mol. The van der Waals surface area contributed by atoms with Crippen molar-refractivity contribution in [2.24, 2.45) is 0 Å². The van der Waals surface area contributed by atoms with Gasteiger partial charge in [-0.15, -0.1) is 0 Å². The molecule has 6 nitrogen and oxygen atoms in total. The largest absolute Gasteiger partial charge is 0.496 e. The van der Waals surface area contributed by atoms with Crippen molar-refractivity contribution in [1.82, 2.24) is 14.5 Å². The number of ether oxygens (including phenoxy) is 2. The van der Waals surface area contributed by atoms with Gasteiger partial charge in [0, 0.05) is 37.5 Å². The van der Waals surface area contributed by atoms with Crippen LogP contribution < -0.4 is 9.47 Å². The lowest BCUT2D eigenvalue weighted by molar-refractivity contribution is -0.134. The van der Waals surface area contributed by atoms with Crippen molar-refractivity contribution >= 4 is 5.91 Å². The lowest BCUT2D eigenvalue weighted by Gasteiger charge is -2.29. The number of carbonyl (C=O) groups excluding carboxylic acids is 1. The molecule has 1 aromatic heterocycles. The maximum absolute atomic E-state index is 13.3. The minimum atomic E-state index is -0.0678. The molecule has 1 aliphatic rings. The summed E-state index contributed by atoms with van der Waals surface area (Å²) in [6, 6.07) is 15.7. The highest BCUT2D eigenvalue weighted by atomic mass is 16.5. The van der Waals surface area contributed by atoms with Gasteiger partial charge in [-0.05, 0) is 24.1 Å². The highest BCUT2D eigenvalue weighted by Gasteiger charge is 2.28. The molecule has 0 fully saturated rings. The summed E-state index contributed by atoms with van der Waals surface area (Å²) < 4.78 is 13.5. The third kappa shape index (κ3) is 4.42. The van der Waals surface area contributed by atoms with Crippen LogP contribution in [0.15, 0.2) is 67.3 Å². The van der Waals surface area contributed by atoms with Crippen LogP contribution in [-0.2, 0) is 24.3 Å². The Morgan fingerprint density at radius 2 is 2.03 bits per heavy atom. The first-order valence-corrected chi connectivity index (χ1v) is 9.82. The van der Waals surface area contributed by atoms with E-state index >= 15 is 0 Å². The number of fused-ring (bicyclic) bond motifs is 1. The topological polar surface area (TPSA) is 56.6 Å². The summed E-state index contributed by atoms with van der Waals surface area (Å²) in [6.07, 6.45) is 6.49. The van der Waals surface area contributed by atoms with Crippen molar-refractivity contribution in [1.29, 1.82) is 0 Å². The van der Waals surface area contributed by atoms with E-state index < -0.39 is 0 Å². The molecule has 1 atom stereocenters. The standard InChI is InChI=1S/C23H25N3O3/c1-28-21-8-4-2-6-18(21)10-11-23(27)26-14-19-7-3-5-9-22(19)29-16-20(26)15-25-13-12-24-17-25/h2-9,12-13,17,20H,10-11,14-16H2,1H3/t20-/m1/s1. The van der Waals surface area contributed by atoms with Crippen LogP contribution in [0.25, 0.3) is 0 Å². The number of benzene rings is 2. The summed E-state index contributed by atoms with van der Waals surface area (Å²) in [6.45, 7) is 1.64. The number of hydrogen-bond acceptors (Lipinski definition) is 4. The van der Waals surface area contributed by atoms with Gasteiger partial charge in [-0.3, -0.25) is 4.79 Å². The molecule has 0 N–H and O–H groups in total. The fraction of sp³-hybridized carbons (Fsp3) is 0.304. The van der Waals surface area contributed by atoms with E-state index in [1.807, 2.05) is 64.2 Å². The Bertz CT molecular complexity index is 956. The molecule has 0 bridgehead atoms. The lowest BCUT2D eigenvalue weighted by Crippen LogP contribution is -2.44. The Morgan fingerprint density at radius 3 is 2.86 bits per heavy atom. The molecule has 0 saturated carbocycles. The van der Waals surface area contributed by atoms with Gasteiger partial charge in [0.15, 0.2) is 0 Å². The van der Waals surface area contributed by atoms with Gasteiger partial charge in [0.1, 0.15) is 18.1 Å². The zero-order chi connectivity index (χ0) is 20.1. The average Bonchev–Trinajstić information content (AvgIpc) is 3.20. The molecule has 1 aliphatic heterocycles. The fourth-order valence-corrected chi connectivity index (χ4v) is 3.74. The first kappa shape index (κ1) is 19.1. The lowest BCUT2D eigenvalue weighted by atomic mass is 10.1. The minimum Gasteiger partial charge on any atom is -0.496 e. The van der Waals surface area contributed by atoms with Crippen LogP contribution in [0.1, 0.15) is 17.5 Å². The van der Waals surface area contributed by atoms with Crippen LogP contribution in [0, 0.1) is 0 Å². The Hall–Kier alpha value is -3.28. The second-order valence-corrected chi connectivity index (χ2v) is 7.17. The Kier molecular flexibility index (Phi) is 5.79. The van der Waals surface area contributed by atoms with Crippen LogP contribution in [0.5, 0.6) is 11.5 Å². The zero-order valence-corrected chi connectivity index (χ0v) is 16.5. The van der Waals surface area contributed by atoms with Crippen LogP contribution >= 0.6 is 0 Å². The average molecular weight is 391 g/mol. The molecule has 29 heavy (non-hydrogen) atoms. The van der Waals surface area contributed by atoms with E-state index in [0.29, 0.717) is 32.5 Å². The highest BCUT2D eigenvalue weighted by molar-refractivity contribution is 5.77. The molecule has 1 amide bonds. The molecular formula is C23H25N3O3. The van der Waals surface area contributed by atoms with Crippen LogP contribution in [-0.4, -0.2) is 40.1 Å². The second-order valence-electron chi connectivity index (χ2n) is 7.17. The van der Waals surface area contributed by atoms with E-state index in [0.717, 1.165) is 22.6 Å². The van der Waals surface area contributed by atoms with Gasteiger partial charge >= 0.3 is 0 Å². The van der Waals surface area contributed by atoms with E-state index in [9.17, 15) is 4.79 Å². The van der Waals surface area contributed by atoms with E-state index in [2.05, 4.69) is 4.98 Å². The number of carbonyl (C=O) groups is 1. The molecule has 0 radical (unpaired) electrons. The number of imidazole rings is 1. The predicted octanol–water partition coefficient (Wildman–Crippen LogP) is 3.31. The van der Waals surface area contributed by atoms with Crippen molar-refractivity contribution in [2.45, 2.75) is 32.0 Å². The molecule has 2 aromatic carbocycles. The van der Waals surface area contributed by atoms with Crippen LogP contribution in [0.2, 0.25) is 0 Å². The molecule has 6 heteroatoms. The van der Waals surface area contributed by atoms with Crippen molar-refractivity contribution in [2.75, 3.05) is 13.7 Å². The highest BCUT2D eigenvalue weighted by Crippen LogP contribution is 2.26. The van der Waals surface area contributed by atoms with E-state index in [-0.39, 0.29) is 11.9 Å². The summed E-state index contributed by atoms with van der Waals surface area (Å²) in [5.74, 6) is 1.78. The quantitative estimate of drug-likeness (QED) is 0.647. The van der Waals surface area contributed by atoms with E-state index in [1.165, 1.54) is 0 Å². The van der Waals surface area contributed by atoms with Gasteiger partial charge in [-0.25, -0.2) is 4.98 Å². The first-order chi connectivity index (χ1) is 14.2. The van der Waals surface area contributed by atoms with E-state index in [1.54, 1.807) is 19.6 Å². The molecule has 3 aromatic rings. The smallest absolute Gasteiger partial charge is 0.223 e. The van der Waals surface area contributed by atoms with Gasteiger partial charge < -0.3 is 18.9 Å². The third-order valence-corrected chi connectivity index (χ3v) is 5.29. The van der Waals surface area contributed by atoms with Gasteiger partial charge in [0.25, 0.3) is 0 Å². The summed E-state index contributed by atoms with van der Waals surface area (Å²) in [5.41, 5.74) is 2.08. The number of para-hydroxylation sites is 2. The van der Waals surface area contributed by atoms with Gasteiger partial charge in [-0.2, -0.15) is 0 Å². The van der Waals surface area contributed by atoms with Gasteiger partial charge in [-0.1, -0.05) is 36.4 Å². The molecule has 2 heterocycles. The number of methoxy groups -OCH3 is 1. The number of aryl methyl sites for hydroxylation is 1. The summed E-state index contributed by atoms with van der Waals surface area (Å²) in [7, 11) is 1.66. The normalized spacial score (nSPS) is 15.9. The van der Waals surface area contributed by atoms with Crippen LogP contribution in [0.3, 0.4) is 0 Å². The summed E-state index contributed by atoms with van der Waals surface area (Å²) >= 11 is 0. The Morgan fingerprint density at radius 1 is 1.21 bits per heavy atom. The monoisotopic (exact) mass is 391 g/mol. The van der Waals surface area contributed by atoms with Crippen molar-refractivity contribution < 1.29 is 14.3 Å². The van der Waals surface area contributed by atoms with Crippen molar-refractivity contribution in [3.63, 3.8) is 0 Å². The number of amides is 1. The SMILES string of the molecule is COc1ccccc1CCC(=O)N1Cc2ccccc2OC[C@H]1Cn1ccnc1. The molecule has 0 saturated heterocycles. The van der Waals surface area contributed by atoms with Gasteiger partial charge in [0.05, 0.1) is 19.5 Å². The fourth-order valence-electron chi connectivity index (χ4n) is 3.74. The van der Waals surface area contributed by atoms with Crippen molar-refractivity contribution in [3.8, 4) is 11.5 Å². The van der Waals surface area contributed by atoms with Crippen molar-refractivity contribution in [3.05, 3.63) is 78.4 Å². The third-order valence-electron chi connectivity index (χ3n) is 5.29. The maximum atomic E-state index is 13.3. The molecule has 0 spiro atoms.